The highest BCUT2D eigenvalue weighted by Gasteiger charge is 2.13. The lowest BCUT2D eigenvalue weighted by Crippen LogP contribution is -2.04. The van der Waals surface area contributed by atoms with E-state index in [0.717, 1.165) is 4.47 Å². The first-order valence-electron chi connectivity index (χ1n) is 4.58. The van der Waals surface area contributed by atoms with E-state index >= 15 is 0 Å². The smallest absolute Gasteiger partial charge is 0.138 e. The van der Waals surface area contributed by atoms with E-state index in [4.69, 9.17) is 11.6 Å². The second kappa shape index (κ2) is 4.91. The summed E-state index contributed by atoms with van der Waals surface area (Å²) in [6, 6.07) is 6.83. The number of aliphatic hydroxyl groups excluding tert-OH is 1. The summed E-state index contributed by atoms with van der Waals surface area (Å²) in [6.07, 6.45) is 2.33. The quantitative estimate of drug-likeness (QED) is 0.927. The van der Waals surface area contributed by atoms with E-state index in [1.54, 1.807) is 30.6 Å². The van der Waals surface area contributed by atoms with Gasteiger partial charge in [0.1, 0.15) is 6.10 Å². The Balaban J connectivity index is 2.31. The Kier molecular flexibility index (Phi) is 3.53. The number of hydrogen-bond acceptors (Lipinski definition) is 3. The summed E-state index contributed by atoms with van der Waals surface area (Å²) >= 11 is 9.10. The molecule has 3 nitrogen and oxygen atoms in total. The van der Waals surface area contributed by atoms with Crippen molar-refractivity contribution in [1.29, 1.82) is 0 Å². The highest BCUT2D eigenvalue weighted by Crippen LogP contribution is 2.21. The minimum Gasteiger partial charge on any atom is -0.380 e. The Morgan fingerprint density at radius 2 is 2.00 bits per heavy atom. The molecule has 1 atom stereocenters. The van der Waals surface area contributed by atoms with Crippen molar-refractivity contribution in [3.8, 4) is 0 Å². The number of pyridine rings is 2. The molecule has 0 aliphatic carbocycles. The van der Waals surface area contributed by atoms with E-state index in [9.17, 15) is 5.11 Å². The first-order chi connectivity index (χ1) is 7.66. The molecule has 2 rings (SSSR count). The molecule has 1 unspecified atom stereocenters. The van der Waals surface area contributed by atoms with Gasteiger partial charge in [-0.3, -0.25) is 9.97 Å². The largest absolute Gasteiger partial charge is 0.380 e. The van der Waals surface area contributed by atoms with Crippen LogP contribution in [0.25, 0.3) is 0 Å². The molecule has 0 spiro atoms. The first-order valence-corrected chi connectivity index (χ1v) is 5.75. The van der Waals surface area contributed by atoms with Crippen LogP contribution in [0.2, 0.25) is 5.02 Å². The SMILES string of the molecule is OC(c1ccc(Br)cn1)c1cc(Cl)ccn1. The molecule has 1 N–H and O–H groups in total. The van der Waals surface area contributed by atoms with Crippen molar-refractivity contribution >= 4 is 27.5 Å². The van der Waals surface area contributed by atoms with Crippen LogP contribution in [0.3, 0.4) is 0 Å². The lowest BCUT2D eigenvalue weighted by molar-refractivity contribution is 0.210. The summed E-state index contributed by atoms with van der Waals surface area (Å²) in [4.78, 5) is 8.16. The maximum Gasteiger partial charge on any atom is 0.138 e. The monoisotopic (exact) mass is 298 g/mol. The first kappa shape index (κ1) is 11.5. The van der Waals surface area contributed by atoms with Crippen LogP contribution in [-0.2, 0) is 0 Å². The zero-order valence-electron chi connectivity index (χ0n) is 8.14. The molecule has 82 valence electrons. The third-order valence-corrected chi connectivity index (χ3v) is 2.76. The molecule has 0 amide bonds. The van der Waals surface area contributed by atoms with Gasteiger partial charge in [0.15, 0.2) is 0 Å². The number of halogens is 2. The van der Waals surface area contributed by atoms with Crippen molar-refractivity contribution in [3.63, 3.8) is 0 Å². The molecule has 16 heavy (non-hydrogen) atoms. The topological polar surface area (TPSA) is 46.0 Å². The summed E-state index contributed by atoms with van der Waals surface area (Å²) in [7, 11) is 0. The van der Waals surface area contributed by atoms with Gasteiger partial charge in [-0.05, 0) is 40.2 Å². The van der Waals surface area contributed by atoms with Crippen LogP contribution in [0.4, 0.5) is 0 Å². The van der Waals surface area contributed by atoms with Crippen LogP contribution < -0.4 is 0 Å². The zero-order chi connectivity index (χ0) is 11.5. The van der Waals surface area contributed by atoms with E-state index in [2.05, 4.69) is 25.9 Å². The van der Waals surface area contributed by atoms with E-state index in [1.807, 2.05) is 6.07 Å². The molecule has 2 heterocycles. The van der Waals surface area contributed by atoms with Gasteiger partial charge in [-0.25, -0.2) is 0 Å². The predicted octanol–water partition coefficient (Wildman–Crippen LogP) is 2.97. The predicted molar refractivity (Wildman–Crippen MR) is 65.2 cm³/mol. The molecule has 0 saturated heterocycles. The molecule has 0 aromatic carbocycles. The fourth-order valence-electron chi connectivity index (χ4n) is 1.27. The van der Waals surface area contributed by atoms with Gasteiger partial charge in [0.2, 0.25) is 0 Å². The molecule has 0 aliphatic heterocycles. The number of aliphatic hydroxyl groups is 1. The Morgan fingerprint density at radius 3 is 2.62 bits per heavy atom. The molecule has 2 aromatic heterocycles. The molecule has 5 heteroatoms. The van der Waals surface area contributed by atoms with Crippen molar-refractivity contribution in [3.05, 3.63) is 57.5 Å². The molecule has 0 aliphatic rings. The molecule has 0 saturated carbocycles. The van der Waals surface area contributed by atoms with E-state index < -0.39 is 6.10 Å². The van der Waals surface area contributed by atoms with Crippen LogP contribution >= 0.6 is 27.5 Å². The Morgan fingerprint density at radius 1 is 1.19 bits per heavy atom. The van der Waals surface area contributed by atoms with Gasteiger partial charge in [0.05, 0.1) is 11.4 Å². The third kappa shape index (κ3) is 2.58. The molecular formula is C11H8BrClN2O. The van der Waals surface area contributed by atoms with E-state index in [0.29, 0.717) is 16.4 Å². The molecule has 2 aromatic rings. The maximum absolute atomic E-state index is 10.0. The fourth-order valence-corrected chi connectivity index (χ4v) is 1.67. The lowest BCUT2D eigenvalue weighted by atomic mass is 10.1. The normalized spacial score (nSPS) is 12.4. The number of nitrogens with zero attached hydrogens (tertiary/aromatic N) is 2. The van der Waals surface area contributed by atoms with Gasteiger partial charge in [0, 0.05) is 21.9 Å². The van der Waals surface area contributed by atoms with Gasteiger partial charge >= 0.3 is 0 Å². The summed E-state index contributed by atoms with van der Waals surface area (Å²) in [5.41, 5.74) is 1.03. The third-order valence-electron chi connectivity index (χ3n) is 2.05. The highest BCUT2D eigenvalue weighted by atomic mass is 79.9. The summed E-state index contributed by atoms with van der Waals surface area (Å²) in [6.45, 7) is 0. The number of rotatable bonds is 2. The van der Waals surface area contributed by atoms with Crippen LogP contribution in [0.5, 0.6) is 0 Å². The summed E-state index contributed by atoms with van der Waals surface area (Å²) in [5, 5.41) is 10.6. The van der Waals surface area contributed by atoms with Crippen molar-refractivity contribution in [2.75, 3.05) is 0 Å². The average molecular weight is 300 g/mol. The molecular weight excluding hydrogens is 291 g/mol. The number of hydrogen-bond donors (Lipinski definition) is 1. The minimum atomic E-state index is -0.855. The summed E-state index contributed by atoms with van der Waals surface area (Å²) < 4.78 is 0.863. The summed E-state index contributed by atoms with van der Waals surface area (Å²) in [5.74, 6) is 0. The highest BCUT2D eigenvalue weighted by molar-refractivity contribution is 9.10. The van der Waals surface area contributed by atoms with Gasteiger partial charge in [0.25, 0.3) is 0 Å². The van der Waals surface area contributed by atoms with Crippen molar-refractivity contribution in [1.82, 2.24) is 9.97 Å². The van der Waals surface area contributed by atoms with Gasteiger partial charge in [-0.2, -0.15) is 0 Å². The van der Waals surface area contributed by atoms with E-state index in [-0.39, 0.29) is 0 Å². The zero-order valence-corrected chi connectivity index (χ0v) is 10.5. The number of aromatic nitrogens is 2. The van der Waals surface area contributed by atoms with Crippen LogP contribution in [0, 0.1) is 0 Å². The second-order valence-electron chi connectivity index (χ2n) is 3.20. The van der Waals surface area contributed by atoms with E-state index in [1.165, 1.54) is 0 Å². The van der Waals surface area contributed by atoms with Gasteiger partial charge < -0.3 is 5.11 Å². The van der Waals surface area contributed by atoms with Crippen molar-refractivity contribution < 1.29 is 5.11 Å². The standard InChI is InChI=1S/C11H8BrClN2O/c12-7-1-2-9(15-6-7)11(16)10-5-8(13)3-4-14-10/h1-6,11,16H. The van der Waals surface area contributed by atoms with Gasteiger partial charge in [-0.15, -0.1) is 0 Å². The fraction of sp³-hybridized carbons (Fsp3) is 0.0909. The molecule has 0 bridgehead atoms. The van der Waals surface area contributed by atoms with Crippen molar-refractivity contribution in [2.24, 2.45) is 0 Å². The Bertz CT molecular complexity index is 490. The van der Waals surface area contributed by atoms with Crippen LogP contribution in [-0.4, -0.2) is 15.1 Å². The molecule has 0 fully saturated rings. The van der Waals surface area contributed by atoms with Crippen LogP contribution in [0.1, 0.15) is 17.5 Å². The van der Waals surface area contributed by atoms with Gasteiger partial charge in [-0.1, -0.05) is 11.6 Å². The average Bonchev–Trinajstić information content (AvgIpc) is 2.29. The molecule has 0 radical (unpaired) electrons. The maximum atomic E-state index is 10.0. The van der Waals surface area contributed by atoms with Crippen molar-refractivity contribution in [2.45, 2.75) is 6.10 Å². The minimum absolute atomic E-state index is 0.488. The van der Waals surface area contributed by atoms with Crippen LogP contribution in [0.15, 0.2) is 41.1 Å². The Labute approximate surface area is 106 Å². The second-order valence-corrected chi connectivity index (χ2v) is 4.55. The Hall–Kier alpha value is -0.970. The lowest BCUT2D eigenvalue weighted by Gasteiger charge is -2.09.